The van der Waals surface area contributed by atoms with Crippen LogP contribution in [0.4, 0.5) is 14.5 Å². The van der Waals surface area contributed by atoms with Gasteiger partial charge in [-0.2, -0.15) is 0 Å². The topological polar surface area (TPSA) is 81.4 Å². The monoisotopic (exact) mass is 300 g/mol. The first kappa shape index (κ1) is 17.0. The zero-order valence-corrected chi connectivity index (χ0v) is 12.1. The van der Waals surface area contributed by atoms with Crippen molar-refractivity contribution in [2.45, 2.75) is 32.2 Å². The van der Waals surface area contributed by atoms with Crippen molar-refractivity contribution >= 4 is 17.6 Å². The van der Waals surface area contributed by atoms with Gasteiger partial charge in [-0.05, 0) is 18.9 Å². The van der Waals surface area contributed by atoms with Crippen molar-refractivity contribution in [1.29, 1.82) is 0 Å². The number of rotatable bonds is 5. The second-order valence-corrected chi connectivity index (χ2v) is 4.62. The van der Waals surface area contributed by atoms with Gasteiger partial charge in [-0.1, -0.05) is 13.8 Å². The molecule has 7 heteroatoms. The van der Waals surface area contributed by atoms with E-state index in [2.05, 4.69) is 10.1 Å². The number of ether oxygens (including phenoxy) is 1. The van der Waals surface area contributed by atoms with E-state index in [4.69, 9.17) is 5.73 Å². The molecule has 21 heavy (non-hydrogen) atoms. The van der Waals surface area contributed by atoms with Crippen LogP contribution in [-0.4, -0.2) is 24.5 Å². The SMILES string of the molecule is CCC(N)(CC)C(=O)Nc1cc(C(=O)OC)c(F)cc1F. The number of hydrogen-bond acceptors (Lipinski definition) is 4. The van der Waals surface area contributed by atoms with Crippen LogP contribution in [0.15, 0.2) is 12.1 Å². The van der Waals surface area contributed by atoms with Gasteiger partial charge in [0, 0.05) is 6.07 Å². The summed E-state index contributed by atoms with van der Waals surface area (Å²) in [5.74, 6) is -3.63. The fourth-order valence-corrected chi connectivity index (χ4v) is 1.73. The van der Waals surface area contributed by atoms with Crippen molar-refractivity contribution in [1.82, 2.24) is 0 Å². The van der Waals surface area contributed by atoms with Gasteiger partial charge in [0.1, 0.15) is 11.6 Å². The molecule has 0 aromatic heterocycles. The second kappa shape index (κ2) is 6.62. The number of amides is 1. The van der Waals surface area contributed by atoms with Gasteiger partial charge in [0.05, 0.1) is 23.9 Å². The average Bonchev–Trinajstić information content (AvgIpc) is 2.48. The first-order chi connectivity index (χ1) is 9.78. The molecule has 0 radical (unpaired) electrons. The van der Waals surface area contributed by atoms with E-state index < -0.39 is 34.6 Å². The summed E-state index contributed by atoms with van der Waals surface area (Å²) in [4.78, 5) is 23.4. The number of carbonyl (C=O) groups excluding carboxylic acids is 2. The van der Waals surface area contributed by atoms with E-state index in [1.165, 1.54) is 0 Å². The summed E-state index contributed by atoms with van der Waals surface area (Å²) in [6, 6.07) is 1.40. The quantitative estimate of drug-likeness (QED) is 0.817. The minimum Gasteiger partial charge on any atom is -0.465 e. The zero-order chi connectivity index (χ0) is 16.2. The third-order valence-electron chi connectivity index (χ3n) is 3.42. The Kier molecular flexibility index (Phi) is 5.37. The molecule has 1 aromatic rings. The first-order valence-electron chi connectivity index (χ1n) is 6.46. The summed E-state index contributed by atoms with van der Waals surface area (Å²) in [7, 11) is 1.07. The molecule has 0 unspecified atom stereocenters. The van der Waals surface area contributed by atoms with E-state index in [-0.39, 0.29) is 5.69 Å². The number of nitrogens with one attached hydrogen (secondary N) is 1. The van der Waals surface area contributed by atoms with E-state index in [0.717, 1.165) is 13.2 Å². The normalized spacial score (nSPS) is 11.1. The Morgan fingerprint density at radius 2 is 1.81 bits per heavy atom. The van der Waals surface area contributed by atoms with E-state index in [1.807, 2.05) is 0 Å². The first-order valence-corrected chi connectivity index (χ1v) is 6.46. The predicted molar refractivity (Wildman–Crippen MR) is 73.8 cm³/mol. The molecular weight excluding hydrogens is 282 g/mol. The molecule has 5 nitrogen and oxygen atoms in total. The van der Waals surface area contributed by atoms with Gasteiger partial charge in [-0.25, -0.2) is 13.6 Å². The highest BCUT2D eigenvalue weighted by molar-refractivity contribution is 5.99. The van der Waals surface area contributed by atoms with Gasteiger partial charge in [-0.3, -0.25) is 4.79 Å². The summed E-state index contributed by atoms with van der Waals surface area (Å²) in [5, 5.41) is 2.29. The molecule has 3 N–H and O–H groups in total. The van der Waals surface area contributed by atoms with Crippen molar-refractivity contribution in [3.05, 3.63) is 29.3 Å². The molecule has 0 fully saturated rings. The molecule has 1 rings (SSSR count). The molecule has 116 valence electrons. The highest BCUT2D eigenvalue weighted by atomic mass is 19.1. The van der Waals surface area contributed by atoms with Gasteiger partial charge >= 0.3 is 5.97 Å². The fraction of sp³-hybridized carbons (Fsp3) is 0.429. The Morgan fingerprint density at radius 3 is 2.29 bits per heavy atom. The van der Waals surface area contributed by atoms with Crippen LogP contribution in [0.5, 0.6) is 0 Å². The number of esters is 1. The molecule has 0 heterocycles. The molecule has 1 amide bonds. The second-order valence-electron chi connectivity index (χ2n) is 4.62. The molecule has 0 saturated carbocycles. The van der Waals surface area contributed by atoms with Crippen LogP contribution < -0.4 is 11.1 Å². The Balaban J connectivity index is 3.14. The predicted octanol–water partition coefficient (Wildman–Crippen LogP) is 2.21. The third kappa shape index (κ3) is 3.55. The molecule has 0 atom stereocenters. The molecule has 0 aliphatic heterocycles. The Hall–Kier alpha value is -2.02. The number of nitrogens with two attached hydrogens (primary N) is 1. The van der Waals surface area contributed by atoms with E-state index in [9.17, 15) is 18.4 Å². The average molecular weight is 300 g/mol. The summed E-state index contributed by atoms with van der Waals surface area (Å²) in [6.07, 6.45) is 0.698. The lowest BCUT2D eigenvalue weighted by Crippen LogP contribution is -2.50. The lowest BCUT2D eigenvalue weighted by molar-refractivity contribution is -0.121. The van der Waals surface area contributed by atoms with Gasteiger partial charge in [0.25, 0.3) is 0 Å². The van der Waals surface area contributed by atoms with Crippen LogP contribution in [0.25, 0.3) is 0 Å². The smallest absolute Gasteiger partial charge is 0.340 e. The lowest BCUT2D eigenvalue weighted by Gasteiger charge is -2.25. The van der Waals surface area contributed by atoms with Gasteiger partial charge in [0.2, 0.25) is 5.91 Å². The van der Waals surface area contributed by atoms with Gasteiger partial charge in [-0.15, -0.1) is 0 Å². The lowest BCUT2D eigenvalue weighted by atomic mass is 9.93. The van der Waals surface area contributed by atoms with E-state index in [1.54, 1.807) is 13.8 Å². The minimum atomic E-state index is -1.16. The third-order valence-corrected chi connectivity index (χ3v) is 3.42. The highest BCUT2D eigenvalue weighted by Crippen LogP contribution is 2.22. The zero-order valence-electron chi connectivity index (χ0n) is 12.1. The van der Waals surface area contributed by atoms with Crippen molar-refractivity contribution < 1.29 is 23.1 Å². The number of halogens is 2. The van der Waals surface area contributed by atoms with Crippen LogP contribution in [0, 0.1) is 11.6 Å². The summed E-state index contributed by atoms with van der Waals surface area (Å²) >= 11 is 0. The molecule has 0 aliphatic carbocycles. The standard InChI is InChI=1S/C14H18F2N2O3/c1-4-14(17,5-2)13(20)18-11-6-8(12(19)21-3)9(15)7-10(11)16/h6-7H,4-5,17H2,1-3H3,(H,18,20). The van der Waals surface area contributed by atoms with Crippen LogP contribution in [0.1, 0.15) is 37.0 Å². The maximum Gasteiger partial charge on any atom is 0.340 e. The van der Waals surface area contributed by atoms with Crippen molar-refractivity contribution in [3.63, 3.8) is 0 Å². The number of benzene rings is 1. The summed E-state index contributed by atoms with van der Waals surface area (Å²) in [6.45, 7) is 3.45. The maximum atomic E-state index is 13.7. The number of carbonyl (C=O) groups is 2. The summed E-state index contributed by atoms with van der Waals surface area (Å²) in [5.41, 5.74) is 3.94. The molecular formula is C14H18F2N2O3. The van der Waals surface area contributed by atoms with Crippen molar-refractivity contribution in [2.24, 2.45) is 5.73 Å². The Bertz CT molecular complexity index is 557. The van der Waals surface area contributed by atoms with Crippen LogP contribution in [0.2, 0.25) is 0 Å². The van der Waals surface area contributed by atoms with E-state index in [0.29, 0.717) is 18.9 Å². The molecule has 0 saturated heterocycles. The maximum absolute atomic E-state index is 13.7. The molecule has 0 aliphatic rings. The fourth-order valence-electron chi connectivity index (χ4n) is 1.73. The Morgan fingerprint density at radius 1 is 1.24 bits per heavy atom. The molecule has 0 bridgehead atoms. The largest absolute Gasteiger partial charge is 0.465 e. The van der Waals surface area contributed by atoms with Crippen molar-refractivity contribution in [3.8, 4) is 0 Å². The van der Waals surface area contributed by atoms with Crippen LogP contribution in [-0.2, 0) is 9.53 Å². The Labute approximate surface area is 121 Å². The highest BCUT2D eigenvalue weighted by Gasteiger charge is 2.31. The molecule has 0 spiro atoms. The van der Waals surface area contributed by atoms with Crippen LogP contribution >= 0.6 is 0 Å². The summed E-state index contributed by atoms with van der Waals surface area (Å²) < 4.78 is 31.6. The number of hydrogen-bond donors (Lipinski definition) is 2. The molecule has 1 aromatic carbocycles. The van der Waals surface area contributed by atoms with Crippen molar-refractivity contribution in [2.75, 3.05) is 12.4 Å². The number of methoxy groups -OCH3 is 1. The van der Waals surface area contributed by atoms with Crippen LogP contribution in [0.3, 0.4) is 0 Å². The van der Waals surface area contributed by atoms with Gasteiger partial charge < -0.3 is 15.8 Å². The minimum absolute atomic E-state index is 0.321. The number of anilines is 1. The van der Waals surface area contributed by atoms with Gasteiger partial charge in [0.15, 0.2) is 0 Å². The van der Waals surface area contributed by atoms with E-state index >= 15 is 0 Å².